The topological polar surface area (TPSA) is 73.0 Å². The summed E-state index contributed by atoms with van der Waals surface area (Å²) in [6.45, 7) is 3.95. The van der Waals surface area contributed by atoms with Crippen molar-refractivity contribution in [2.75, 3.05) is 38.0 Å². The van der Waals surface area contributed by atoms with Gasteiger partial charge in [-0.2, -0.15) is 0 Å². The van der Waals surface area contributed by atoms with Crippen LogP contribution in [0.2, 0.25) is 5.02 Å². The number of amides is 4. The van der Waals surface area contributed by atoms with Crippen LogP contribution in [0.25, 0.3) is 0 Å². The van der Waals surface area contributed by atoms with E-state index in [1.54, 1.807) is 6.07 Å². The minimum atomic E-state index is -0.0587. The third-order valence-corrected chi connectivity index (χ3v) is 7.70. The monoisotopic (exact) mass is 458 g/mol. The van der Waals surface area contributed by atoms with E-state index in [4.69, 9.17) is 11.6 Å². The fourth-order valence-corrected chi connectivity index (χ4v) is 5.53. The second-order valence-electron chi connectivity index (χ2n) is 9.75. The zero-order valence-corrected chi connectivity index (χ0v) is 19.1. The van der Waals surface area contributed by atoms with Crippen LogP contribution in [-0.4, -0.2) is 65.3 Å². The molecule has 5 rings (SSSR count). The van der Waals surface area contributed by atoms with Gasteiger partial charge in [0.05, 0.1) is 0 Å². The lowest BCUT2D eigenvalue weighted by molar-refractivity contribution is -0.143. The Balaban J connectivity index is 1.09. The molecule has 1 N–H and O–H groups in total. The molecule has 2 saturated carbocycles. The molecule has 0 unspecified atom stereocenters. The van der Waals surface area contributed by atoms with Gasteiger partial charge in [0.2, 0.25) is 11.8 Å². The van der Waals surface area contributed by atoms with Crippen LogP contribution in [0.15, 0.2) is 18.2 Å². The molecule has 4 aliphatic rings. The Kier molecular flexibility index (Phi) is 6.01. The fraction of sp³-hybridized carbons (Fsp3) is 0.625. The zero-order chi connectivity index (χ0) is 22.2. The molecule has 2 aliphatic heterocycles. The lowest BCUT2D eigenvalue weighted by Gasteiger charge is -2.39. The normalized spacial score (nSPS) is 25.9. The lowest BCUT2D eigenvalue weighted by Crippen LogP contribution is -2.52. The first-order chi connectivity index (χ1) is 15.5. The van der Waals surface area contributed by atoms with Gasteiger partial charge in [-0.1, -0.05) is 11.6 Å². The standard InChI is InChI=1S/C24H31ClN4O3/c25-20-7-8-21-19(13-20)15-29(24(32)26-21)14-16-1-3-17(4-2-16)22(30)27-9-11-28(12-10-27)23(31)18-5-6-18/h7-8,13,16-18H,1-6,9-12,14-15H2,(H,26,32). The van der Waals surface area contributed by atoms with Crippen molar-refractivity contribution in [2.24, 2.45) is 17.8 Å². The van der Waals surface area contributed by atoms with Crippen molar-refractivity contribution in [1.82, 2.24) is 14.7 Å². The maximum absolute atomic E-state index is 13.0. The summed E-state index contributed by atoms with van der Waals surface area (Å²) in [6.07, 6.45) is 5.73. The molecule has 2 aliphatic carbocycles. The van der Waals surface area contributed by atoms with E-state index < -0.39 is 0 Å². The van der Waals surface area contributed by atoms with E-state index in [1.807, 2.05) is 26.8 Å². The molecule has 3 fully saturated rings. The first-order valence-electron chi connectivity index (χ1n) is 11.9. The SMILES string of the molecule is O=C1Nc2ccc(Cl)cc2CN1CC1CCC(C(=O)N2CCN(C(=O)C3CC3)CC2)CC1. The molecule has 1 saturated heterocycles. The van der Waals surface area contributed by atoms with E-state index in [0.717, 1.165) is 49.8 Å². The van der Waals surface area contributed by atoms with Gasteiger partial charge in [-0.05, 0) is 68.2 Å². The predicted octanol–water partition coefficient (Wildman–Crippen LogP) is 3.57. The van der Waals surface area contributed by atoms with Crippen molar-refractivity contribution in [3.05, 3.63) is 28.8 Å². The summed E-state index contributed by atoms with van der Waals surface area (Å²) in [7, 11) is 0. The van der Waals surface area contributed by atoms with E-state index in [1.165, 1.54) is 0 Å². The van der Waals surface area contributed by atoms with Crippen molar-refractivity contribution >= 4 is 35.1 Å². The highest BCUT2D eigenvalue weighted by molar-refractivity contribution is 6.30. The molecule has 1 aromatic carbocycles. The highest BCUT2D eigenvalue weighted by Crippen LogP contribution is 2.34. The summed E-state index contributed by atoms with van der Waals surface area (Å²) >= 11 is 6.12. The quantitative estimate of drug-likeness (QED) is 0.749. The van der Waals surface area contributed by atoms with Crippen LogP contribution < -0.4 is 5.32 Å². The molecule has 0 bridgehead atoms. The van der Waals surface area contributed by atoms with Gasteiger partial charge in [0, 0.05) is 61.8 Å². The molecule has 1 aromatic rings. The summed E-state index contributed by atoms with van der Waals surface area (Å²) in [5.74, 6) is 1.27. The smallest absolute Gasteiger partial charge is 0.322 e. The minimum absolute atomic E-state index is 0.0587. The third-order valence-electron chi connectivity index (χ3n) is 7.46. The largest absolute Gasteiger partial charge is 0.339 e. The number of carbonyl (C=O) groups is 3. The molecule has 0 radical (unpaired) electrons. The van der Waals surface area contributed by atoms with Crippen LogP contribution in [0.3, 0.4) is 0 Å². The molecule has 2 heterocycles. The van der Waals surface area contributed by atoms with Gasteiger partial charge in [0.1, 0.15) is 0 Å². The number of fused-ring (bicyclic) bond motifs is 1. The van der Waals surface area contributed by atoms with Crippen molar-refractivity contribution in [3.8, 4) is 0 Å². The molecule has 0 spiro atoms. The van der Waals surface area contributed by atoms with Crippen molar-refractivity contribution in [2.45, 2.75) is 45.1 Å². The Morgan fingerprint density at radius 1 is 0.906 bits per heavy atom. The number of rotatable bonds is 4. The Morgan fingerprint density at radius 2 is 1.47 bits per heavy atom. The van der Waals surface area contributed by atoms with Crippen molar-refractivity contribution in [1.29, 1.82) is 0 Å². The van der Waals surface area contributed by atoms with E-state index in [0.29, 0.717) is 50.2 Å². The molecule has 172 valence electrons. The van der Waals surface area contributed by atoms with Crippen LogP contribution in [-0.2, 0) is 16.1 Å². The van der Waals surface area contributed by atoms with Gasteiger partial charge < -0.3 is 20.0 Å². The molecule has 32 heavy (non-hydrogen) atoms. The van der Waals surface area contributed by atoms with E-state index in [2.05, 4.69) is 5.32 Å². The van der Waals surface area contributed by atoms with Crippen molar-refractivity contribution in [3.63, 3.8) is 0 Å². The lowest BCUT2D eigenvalue weighted by atomic mass is 9.81. The van der Waals surface area contributed by atoms with Gasteiger partial charge in [-0.25, -0.2) is 4.79 Å². The number of urea groups is 1. The fourth-order valence-electron chi connectivity index (χ4n) is 5.33. The second kappa shape index (κ2) is 8.93. The van der Waals surface area contributed by atoms with E-state index >= 15 is 0 Å². The van der Waals surface area contributed by atoms with Gasteiger partial charge in [-0.3, -0.25) is 9.59 Å². The molecule has 8 heteroatoms. The van der Waals surface area contributed by atoms with E-state index in [9.17, 15) is 14.4 Å². The zero-order valence-electron chi connectivity index (χ0n) is 18.4. The van der Waals surface area contributed by atoms with Gasteiger partial charge in [0.25, 0.3) is 0 Å². The third kappa shape index (κ3) is 4.58. The van der Waals surface area contributed by atoms with Gasteiger partial charge in [-0.15, -0.1) is 0 Å². The number of hydrogen-bond acceptors (Lipinski definition) is 3. The summed E-state index contributed by atoms with van der Waals surface area (Å²) < 4.78 is 0. The Bertz CT molecular complexity index is 903. The van der Waals surface area contributed by atoms with Crippen LogP contribution in [0.1, 0.15) is 44.1 Å². The van der Waals surface area contributed by atoms with Crippen LogP contribution in [0.4, 0.5) is 10.5 Å². The van der Waals surface area contributed by atoms with Gasteiger partial charge >= 0.3 is 6.03 Å². The first-order valence-corrected chi connectivity index (χ1v) is 12.3. The maximum atomic E-state index is 13.0. The number of nitrogens with zero attached hydrogens (tertiary/aromatic N) is 3. The molecule has 7 nitrogen and oxygen atoms in total. The first kappa shape index (κ1) is 21.6. The summed E-state index contributed by atoms with van der Waals surface area (Å²) in [4.78, 5) is 43.5. The number of nitrogens with one attached hydrogen (secondary N) is 1. The minimum Gasteiger partial charge on any atom is -0.339 e. The Morgan fingerprint density at radius 3 is 2.03 bits per heavy atom. The molecular formula is C24H31ClN4O3. The van der Waals surface area contributed by atoms with Crippen LogP contribution in [0, 0.1) is 17.8 Å². The number of benzene rings is 1. The summed E-state index contributed by atoms with van der Waals surface area (Å²) in [5, 5.41) is 3.64. The van der Waals surface area contributed by atoms with Crippen molar-refractivity contribution < 1.29 is 14.4 Å². The molecule has 0 atom stereocenters. The number of anilines is 1. The number of carbonyl (C=O) groups excluding carboxylic acids is 3. The summed E-state index contributed by atoms with van der Waals surface area (Å²) in [6, 6.07) is 5.50. The molecule has 0 aromatic heterocycles. The van der Waals surface area contributed by atoms with Crippen LogP contribution in [0.5, 0.6) is 0 Å². The number of piperazine rings is 1. The highest BCUT2D eigenvalue weighted by atomic mass is 35.5. The Labute approximate surface area is 194 Å². The number of halogens is 1. The summed E-state index contributed by atoms with van der Waals surface area (Å²) in [5.41, 5.74) is 1.88. The second-order valence-corrected chi connectivity index (χ2v) is 10.2. The highest BCUT2D eigenvalue weighted by Gasteiger charge is 2.37. The molecular weight excluding hydrogens is 428 g/mol. The number of hydrogen-bond donors (Lipinski definition) is 1. The van der Waals surface area contributed by atoms with Crippen LogP contribution >= 0.6 is 11.6 Å². The Hall–Kier alpha value is -2.28. The predicted molar refractivity (Wildman–Crippen MR) is 122 cm³/mol. The maximum Gasteiger partial charge on any atom is 0.322 e. The van der Waals surface area contributed by atoms with Gasteiger partial charge in [0.15, 0.2) is 0 Å². The average Bonchev–Trinajstić information content (AvgIpc) is 3.65. The average molecular weight is 459 g/mol. The molecule has 4 amide bonds. The van der Waals surface area contributed by atoms with E-state index in [-0.39, 0.29) is 29.7 Å².